The van der Waals surface area contributed by atoms with Crippen LogP contribution in [0.2, 0.25) is 0 Å². The number of nitrogens with one attached hydrogen (secondary N) is 1. The van der Waals surface area contributed by atoms with E-state index in [1.54, 1.807) is 20.8 Å². The minimum Gasteiger partial charge on any atom is -0.442 e. The first-order chi connectivity index (χ1) is 5.95. The molecule has 0 aromatic heterocycles. The van der Waals surface area contributed by atoms with Gasteiger partial charge in [0.2, 0.25) is 0 Å². The highest BCUT2D eigenvalue weighted by Crippen LogP contribution is 2.06. The molecule has 0 aliphatic rings. The van der Waals surface area contributed by atoms with Crippen LogP contribution in [0.5, 0.6) is 0 Å². The summed E-state index contributed by atoms with van der Waals surface area (Å²) in [5.74, 6) is 0. The van der Waals surface area contributed by atoms with Gasteiger partial charge in [0, 0.05) is 0 Å². The van der Waals surface area contributed by atoms with E-state index in [4.69, 9.17) is 15.3 Å². The van der Waals surface area contributed by atoms with Crippen molar-refractivity contribution < 1.29 is 14.4 Å². The molecule has 0 saturated carbocycles. The Kier molecular flexibility index (Phi) is 8.48. The van der Waals surface area contributed by atoms with Crippen molar-refractivity contribution in [1.29, 1.82) is 0 Å². The SMILES string of the molecule is C.CC(C)(C)OC(=O)NOCCCN. The standard InChI is InChI=1S/C8H18N2O3.CH4/c1-8(2,3)13-7(11)10-12-6-4-5-9;/h4-6,9H2,1-3H3,(H,10,11);1H4. The van der Waals surface area contributed by atoms with Crippen LogP contribution in [0.15, 0.2) is 0 Å². The maximum atomic E-state index is 10.9. The highest BCUT2D eigenvalue weighted by atomic mass is 16.7. The van der Waals surface area contributed by atoms with E-state index in [-0.39, 0.29) is 7.43 Å². The van der Waals surface area contributed by atoms with Gasteiger partial charge in [-0.15, -0.1) is 0 Å². The number of carbonyl (C=O) groups excluding carboxylic acids is 1. The third-order valence-electron chi connectivity index (χ3n) is 1.00. The lowest BCUT2D eigenvalue weighted by atomic mass is 10.2. The summed E-state index contributed by atoms with van der Waals surface area (Å²) in [5, 5.41) is 0. The van der Waals surface area contributed by atoms with E-state index >= 15 is 0 Å². The highest BCUT2D eigenvalue weighted by molar-refractivity contribution is 5.66. The topological polar surface area (TPSA) is 73.6 Å². The summed E-state index contributed by atoms with van der Waals surface area (Å²) in [7, 11) is 0. The number of amides is 1. The summed E-state index contributed by atoms with van der Waals surface area (Å²) in [4.78, 5) is 15.7. The van der Waals surface area contributed by atoms with E-state index in [0.29, 0.717) is 19.6 Å². The highest BCUT2D eigenvalue weighted by Gasteiger charge is 2.15. The number of ether oxygens (including phenoxy) is 1. The van der Waals surface area contributed by atoms with Crippen molar-refractivity contribution in [3.63, 3.8) is 0 Å². The van der Waals surface area contributed by atoms with Gasteiger partial charge in [-0.2, -0.15) is 5.48 Å². The Morgan fingerprint density at radius 2 is 2.00 bits per heavy atom. The molecule has 0 atom stereocenters. The van der Waals surface area contributed by atoms with Crippen LogP contribution in [0, 0.1) is 0 Å². The fourth-order valence-corrected chi connectivity index (χ4v) is 0.564. The molecule has 0 fully saturated rings. The molecule has 0 aliphatic carbocycles. The fourth-order valence-electron chi connectivity index (χ4n) is 0.564. The molecule has 14 heavy (non-hydrogen) atoms. The molecule has 5 heteroatoms. The van der Waals surface area contributed by atoms with Gasteiger partial charge >= 0.3 is 6.09 Å². The van der Waals surface area contributed by atoms with Crippen LogP contribution in [0.4, 0.5) is 4.79 Å². The second-order valence-corrected chi connectivity index (χ2v) is 3.59. The second kappa shape index (κ2) is 7.58. The number of nitrogens with two attached hydrogens (primary N) is 1. The van der Waals surface area contributed by atoms with Gasteiger partial charge in [-0.1, -0.05) is 7.43 Å². The van der Waals surface area contributed by atoms with Crippen molar-refractivity contribution in [2.75, 3.05) is 13.2 Å². The third-order valence-corrected chi connectivity index (χ3v) is 1.00. The minimum atomic E-state index is -0.579. The van der Waals surface area contributed by atoms with E-state index in [1.165, 1.54) is 0 Å². The molecule has 3 N–H and O–H groups in total. The summed E-state index contributed by atoms with van der Waals surface area (Å²) in [6.07, 6.45) is 0.125. The Bertz CT molecular complexity index is 155. The average molecular weight is 206 g/mol. The molecule has 0 unspecified atom stereocenters. The predicted octanol–water partition coefficient (Wildman–Crippen LogP) is 1.43. The Morgan fingerprint density at radius 3 is 2.43 bits per heavy atom. The predicted molar refractivity (Wildman–Crippen MR) is 55.7 cm³/mol. The summed E-state index contributed by atoms with van der Waals surface area (Å²) in [6, 6.07) is 0. The van der Waals surface area contributed by atoms with E-state index < -0.39 is 11.7 Å². The van der Waals surface area contributed by atoms with Gasteiger partial charge in [-0.25, -0.2) is 4.79 Å². The van der Waals surface area contributed by atoms with E-state index in [2.05, 4.69) is 5.48 Å². The van der Waals surface area contributed by atoms with Crippen molar-refractivity contribution in [3.05, 3.63) is 0 Å². The number of hydrogen-bond donors (Lipinski definition) is 2. The van der Waals surface area contributed by atoms with Crippen LogP contribution in [0.3, 0.4) is 0 Å². The van der Waals surface area contributed by atoms with Crippen molar-refractivity contribution in [2.24, 2.45) is 5.73 Å². The van der Waals surface area contributed by atoms with Crippen molar-refractivity contribution in [2.45, 2.75) is 40.2 Å². The van der Waals surface area contributed by atoms with Gasteiger partial charge < -0.3 is 10.5 Å². The largest absolute Gasteiger partial charge is 0.442 e. The zero-order valence-electron chi connectivity index (χ0n) is 8.42. The zero-order chi connectivity index (χ0) is 10.3. The van der Waals surface area contributed by atoms with Crippen LogP contribution >= 0.6 is 0 Å². The maximum absolute atomic E-state index is 10.9. The summed E-state index contributed by atoms with van der Waals surface area (Å²) < 4.78 is 4.91. The van der Waals surface area contributed by atoms with Crippen LogP contribution in [0.25, 0.3) is 0 Å². The van der Waals surface area contributed by atoms with Crippen molar-refractivity contribution in [3.8, 4) is 0 Å². The Labute approximate surface area is 85.9 Å². The Hall–Kier alpha value is -0.810. The Morgan fingerprint density at radius 1 is 1.43 bits per heavy atom. The summed E-state index contributed by atoms with van der Waals surface area (Å²) in [5.41, 5.74) is 6.88. The Balaban J connectivity index is 0. The van der Waals surface area contributed by atoms with Gasteiger partial charge in [0.1, 0.15) is 5.60 Å². The molecule has 5 nitrogen and oxygen atoms in total. The van der Waals surface area contributed by atoms with E-state index in [1.807, 2.05) is 0 Å². The molecule has 0 bridgehead atoms. The van der Waals surface area contributed by atoms with Crippen LogP contribution in [-0.2, 0) is 9.57 Å². The normalized spacial score (nSPS) is 10.3. The first-order valence-corrected chi connectivity index (χ1v) is 4.26. The zero-order valence-corrected chi connectivity index (χ0v) is 8.42. The van der Waals surface area contributed by atoms with Gasteiger partial charge in [0.25, 0.3) is 0 Å². The molecule has 0 heterocycles. The molecule has 0 spiro atoms. The maximum Gasteiger partial charge on any atom is 0.431 e. The monoisotopic (exact) mass is 206 g/mol. The number of hydroxylamine groups is 1. The lowest BCUT2D eigenvalue weighted by molar-refractivity contribution is -0.00784. The van der Waals surface area contributed by atoms with Crippen LogP contribution in [-0.4, -0.2) is 24.8 Å². The number of rotatable bonds is 4. The first kappa shape index (κ1) is 15.7. The molecule has 1 amide bonds. The molecule has 0 radical (unpaired) electrons. The van der Waals surface area contributed by atoms with Gasteiger partial charge in [-0.05, 0) is 33.7 Å². The molecule has 0 saturated heterocycles. The quantitative estimate of drug-likeness (QED) is 0.539. The van der Waals surface area contributed by atoms with Crippen molar-refractivity contribution >= 4 is 6.09 Å². The fraction of sp³-hybridized carbons (Fsp3) is 0.889. The molecule has 86 valence electrons. The molecule has 0 aromatic carbocycles. The summed E-state index contributed by atoms with van der Waals surface area (Å²) in [6.45, 7) is 6.29. The van der Waals surface area contributed by atoms with Crippen LogP contribution in [0.1, 0.15) is 34.6 Å². The first-order valence-electron chi connectivity index (χ1n) is 4.26. The average Bonchev–Trinajstić information content (AvgIpc) is 1.94. The van der Waals surface area contributed by atoms with E-state index in [9.17, 15) is 4.79 Å². The summed E-state index contributed by atoms with van der Waals surface area (Å²) >= 11 is 0. The molecule has 0 rings (SSSR count). The minimum absolute atomic E-state index is 0. The second-order valence-electron chi connectivity index (χ2n) is 3.59. The van der Waals surface area contributed by atoms with E-state index in [0.717, 1.165) is 0 Å². The smallest absolute Gasteiger partial charge is 0.431 e. The van der Waals surface area contributed by atoms with Crippen LogP contribution < -0.4 is 11.2 Å². The third kappa shape index (κ3) is 11.2. The molecular formula is C9H22N2O3. The van der Waals surface area contributed by atoms with Gasteiger partial charge in [0.15, 0.2) is 0 Å². The molecule has 0 aromatic rings. The van der Waals surface area contributed by atoms with Crippen molar-refractivity contribution in [1.82, 2.24) is 5.48 Å². The van der Waals surface area contributed by atoms with Gasteiger partial charge in [-0.3, -0.25) is 4.84 Å². The van der Waals surface area contributed by atoms with Gasteiger partial charge in [0.05, 0.1) is 6.61 Å². The molecule has 0 aliphatic heterocycles. The molecular weight excluding hydrogens is 184 g/mol. The number of hydrogen-bond acceptors (Lipinski definition) is 4. The lowest BCUT2D eigenvalue weighted by Gasteiger charge is -2.19. The number of carbonyl (C=O) groups is 1. The lowest BCUT2D eigenvalue weighted by Crippen LogP contribution is -2.32.